The maximum atomic E-state index is 5.46. The normalized spacial score (nSPS) is 11.9. The van der Waals surface area contributed by atoms with E-state index in [0.717, 1.165) is 65.7 Å². The van der Waals surface area contributed by atoms with Gasteiger partial charge in [0.2, 0.25) is 11.9 Å². The van der Waals surface area contributed by atoms with Gasteiger partial charge in [-0.25, -0.2) is 0 Å². The number of benzene rings is 10. The molecule has 0 amide bonds. The number of hydrogen-bond donors (Lipinski definition) is 0. The third-order valence-corrected chi connectivity index (χ3v) is 12.6. The molecule has 13 aromatic rings. The van der Waals surface area contributed by atoms with E-state index in [4.69, 9.17) is 15.0 Å². The standard InChI is InChI=1S/C57H35N5/c1-3-15-36(16-4-1)38-28-31-53-49(33-38)46-23-11-13-25-51(46)61(53)56-58-55(40-27-30-45-43-21-8-7-19-41(43)42-20-9-10-22-44(42)48(45)35-40)59-57(60-56)62-52-26-14-12-24-47(52)50-34-39(29-32-54(50)62)37-17-5-2-6-18-37/h1-35H. The van der Waals surface area contributed by atoms with Crippen LogP contribution in [0.3, 0.4) is 0 Å². The third-order valence-electron chi connectivity index (χ3n) is 12.6. The number of fused-ring (bicyclic) bond motifs is 12. The summed E-state index contributed by atoms with van der Waals surface area (Å²) in [6.07, 6.45) is 0. The summed E-state index contributed by atoms with van der Waals surface area (Å²) >= 11 is 0. The number of nitrogens with zero attached hydrogens (tertiary/aromatic N) is 5. The topological polar surface area (TPSA) is 48.5 Å². The van der Waals surface area contributed by atoms with E-state index >= 15 is 0 Å². The fourth-order valence-corrected chi connectivity index (χ4v) is 9.73. The fourth-order valence-electron chi connectivity index (χ4n) is 9.73. The van der Waals surface area contributed by atoms with Crippen LogP contribution in [-0.2, 0) is 0 Å². The molecule has 10 aromatic carbocycles. The summed E-state index contributed by atoms with van der Waals surface area (Å²) in [4.78, 5) is 16.3. The summed E-state index contributed by atoms with van der Waals surface area (Å²) in [5.41, 5.74) is 9.70. The van der Waals surface area contributed by atoms with E-state index < -0.39 is 0 Å². The van der Waals surface area contributed by atoms with Crippen molar-refractivity contribution < 1.29 is 0 Å². The molecule has 62 heavy (non-hydrogen) atoms. The molecule has 0 bridgehead atoms. The predicted octanol–water partition coefficient (Wildman–Crippen LogP) is 14.5. The molecule has 0 aliphatic carbocycles. The van der Waals surface area contributed by atoms with Crippen LogP contribution in [0.15, 0.2) is 212 Å². The van der Waals surface area contributed by atoms with Crippen LogP contribution in [-0.4, -0.2) is 24.1 Å². The number of aromatic nitrogens is 5. The van der Waals surface area contributed by atoms with Crippen LogP contribution in [0.2, 0.25) is 0 Å². The van der Waals surface area contributed by atoms with Crippen molar-refractivity contribution in [1.82, 2.24) is 24.1 Å². The molecule has 0 aliphatic heterocycles. The lowest BCUT2D eigenvalue weighted by Gasteiger charge is -2.14. The minimum Gasteiger partial charge on any atom is -0.278 e. The molecular weight excluding hydrogens is 755 g/mol. The van der Waals surface area contributed by atoms with Gasteiger partial charge in [-0.1, -0.05) is 170 Å². The van der Waals surface area contributed by atoms with Gasteiger partial charge in [0.15, 0.2) is 5.82 Å². The summed E-state index contributed by atoms with van der Waals surface area (Å²) in [5.74, 6) is 1.71. The second-order valence-electron chi connectivity index (χ2n) is 16.0. The molecule has 0 atom stereocenters. The van der Waals surface area contributed by atoms with E-state index in [1.54, 1.807) is 0 Å². The third kappa shape index (κ3) is 5.25. The van der Waals surface area contributed by atoms with Crippen molar-refractivity contribution in [3.63, 3.8) is 0 Å². The van der Waals surface area contributed by atoms with Crippen molar-refractivity contribution >= 4 is 75.9 Å². The highest BCUT2D eigenvalue weighted by molar-refractivity contribution is 6.25. The van der Waals surface area contributed by atoms with E-state index in [-0.39, 0.29) is 0 Å². The summed E-state index contributed by atoms with van der Waals surface area (Å²) in [6.45, 7) is 0. The Hall–Kier alpha value is -8.41. The second-order valence-corrected chi connectivity index (χ2v) is 16.0. The zero-order chi connectivity index (χ0) is 40.7. The summed E-state index contributed by atoms with van der Waals surface area (Å²) < 4.78 is 4.42. The van der Waals surface area contributed by atoms with Crippen LogP contribution in [0.5, 0.6) is 0 Å². The van der Waals surface area contributed by atoms with Gasteiger partial charge >= 0.3 is 0 Å². The Morgan fingerprint density at radius 2 is 0.581 bits per heavy atom. The van der Waals surface area contributed by atoms with Gasteiger partial charge in [0.25, 0.3) is 0 Å². The lowest BCUT2D eigenvalue weighted by molar-refractivity contribution is 0.893. The van der Waals surface area contributed by atoms with Crippen LogP contribution < -0.4 is 0 Å². The average molecular weight is 790 g/mol. The van der Waals surface area contributed by atoms with Gasteiger partial charge in [0.05, 0.1) is 22.1 Å². The summed E-state index contributed by atoms with van der Waals surface area (Å²) in [7, 11) is 0. The van der Waals surface area contributed by atoms with Crippen LogP contribution in [0, 0.1) is 0 Å². The van der Waals surface area contributed by atoms with E-state index in [1.807, 2.05) is 0 Å². The van der Waals surface area contributed by atoms with Gasteiger partial charge < -0.3 is 0 Å². The molecule has 3 aromatic heterocycles. The summed E-state index contributed by atoms with van der Waals surface area (Å²) in [6, 6.07) is 75.7. The molecule has 13 rings (SSSR count). The minimum atomic E-state index is 0.555. The Labute approximate surface area is 356 Å². The highest BCUT2D eigenvalue weighted by Crippen LogP contribution is 2.40. The van der Waals surface area contributed by atoms with Gasteiger partial charge in [0, 0.05) is 27.1 Å². The van der Waals surface area contributed by atoms with Gasteiger partial charge in [0.1, 0.15) is 0 Å². The van der Waals surface area contributed by atoms with E-state index in [9.17, 15) is 0 Å². The quantitative estimate of drug-likeness (QED) is 0.163. The predicted molar refractivity (Wildman–Crippen MR) is 257 cm³/mol. The minimum absolute atomic E-state index is 0.555. The highest BCUT2D eigenvalue weighted by atomic mass is 15.3. The molecule has 0 spiro atoms. The van der Waals surface area contributed by atoms with Crippen LogP contribution >= 0.6 is 0 Å². The largest absolute Gasteiger partial charge is 0.278 e. The van der Waals surface area contributed by atoms with Crippen LogP contribution in [0.1, 0.15) is 0 Å². The first-order valence-corrected chi connectivity index (χ1v) is 21.0. The molecule has 0 aliphatic rings. The number of para-hydroxylation sites is 2. The lowest BCUT2D eigenvalue weighted by Crippen LogP contribution is -2.10. The first-order chi connectivity index (χ1) is 30.7. The van der Waals surface area contributed by atoms with E-state index in [0.29, 0.717) is 17.7 Å². The molecule has 0 N–H and O–H groups in total. The smallest absolute Gasteiger partial charge is 0.240 e. The monoisotopic (exact) mass is 789 g/mol. The zero-order valence-electron chi connectivity index (χ0n) is 33.4. The van der Waals surface area contributed by atoms with Crippen molar-refractivity contribution in [2.24, 2.45) is 0 Å². The van der Waals surface area contributed by atoms with Gasteiger partial charge in [-0.2, -0.15) is 15.0 Å². The maximum Gasteiger partial charge on any atom is 0.240 e. The van der Waals surface area contributed by atoms with Crippen molar-refractivity contribution in [2.45, 2.75) is 0 Å². The summed E-state index contributed by atoms with van der Waals surface area (Å²) in [5, 5.41) is 11.8. The second kappa shape index (κ2) is 13.6. The molecule has 288 valence electrons. The van der Waals surface area contributed by atoms with E-state index in [1.165, 1.54) is 38.1 Å². The molecule has 3 heterocycles. The van der Waals surface area contributed by atoms with Gasteiger partial charge in [-0.05, 0) is 97.0 Å². The molecule has 0 unspecified atom stereocenters. The Morgan fingerprint density at radius 1 is 0.226 bits per heavy atom. The SMILES string of the molecule is c1ccc(-c2ccc3c(c2)c2ccccc2n3-c2nc(-c3ccc4c5ccccc5c5ccccc5c4c3)nc(-n3c4ccccc4c4cc(-c5ccccc5)ccc43)n2)cc1. The Kier molecular flexibility index (Phi) is 7.54. The molecule has 0 fully saturated rings. The molecule has 0 saturated carbocycles. The number of hydrogen-bond acceptors (Lipinski definition) is 3. The van der Waals surface area contributed by atoms with Crippen molar-refractivity contribution in [3.8, 4) is 45.5 Å². The first kappa shape index (κ1) is 34.5. The molecule has 0 radical (unpaired) electrons. The average Bonchev–Trinajstić information content (AvgIpc) is 3.86. The molecule has 0 saturated heterocycles. The molecule has 5 nitrogen and oxygen atoms in total. The Bertz CT molecular complexity index is 3710. The molecular formula is C57H35N5. The van der Waals surface area contributed by atoms with Crippen LogP contribution in [0.4, 0.5) is 0 Å². The van der Waals surface area contributed by atoms with Gasteiger partial charge in [-0.15, -0.1) is 0 Å². The van der Waals surface area contributed by atoms with Crippen molar-refractivity contribution in [3.05, 3.63) is 212 Å². The first-order valence-electron chi connectivity index (χ1n) is 21.0. The maximum absolute atomic E-state index is 5.46. The molecule has 5 heteroatoms. The van der Waals surface area contributed by atoms with Crippen molar-refractivity contribution in [1.29, 1.82) is 0 Å². The fraction of sp³-hybridized carbons (Fsp3) is 0. The Balaban J connectivity index is 1.11. The van der Waals surface area contributed by atoms with E-state index in [2.05, 4.69) is 221 Å². The zero-order valence-corrected chi connectivity index (χ0v) is 33.4. The lowest BCUT2D eigenvalue weighted by atomic mass is 9.93. The van der Waals surface area contributed by atoms with Gasteiger partial charge in [-0.3, -0.25) is 9.13 Å². The number of rotatable bonds is 5. The highest BCUT2D eigenvalue weighted by Gasteiger charge is 2.22. The Morgan fingerprint density at radius 3 is 1.06 bits per heavy atom. The van der Waals surface area contributed by atoms with Crippen LogP contribution in [0.25, 0.3) is 121 Å². The van der Waals surface area contributed by atoms with Crippen molar-refractivity contribution in [2.75, 3.05) is 0 Å².